The lowest BCUT2D eigenvalue weighted by Crippen LogP contribution is -2.38. The molecule has 0 saturated heterocycles. The molecule has 0 spiro atoms. The van der Waals surface area contributed by atoms with E-state index in [0.29, 0.717) is 12.0 Å². The lowest BCUT2D eigenvalue weighted by molar-refractivity contribution is 0.213. The molecule has 0 radical (unpaired) electrons. The first kappa shape index (κ1) is 14.4. The molecule has 0 heterocycles. The van der Waals surface area contributed by atoms with Gasteiger partial charge in [0.05, 0.1) is 4.90 Å². The second-order valence-electron chi connectivity index (χ2n) is 5.01. The molecular weight excluding hydrogens is 269 g/mol. The maximum Gasteiger partial charge on any atom is 0.241 e. The van der Waals surface area contributed by atoms with Crippen LogP contribution in [-0.2, 0) is 10.0 Å². The normalized spacial score (nSPS) is 23.7. The third-order valence-corrected chi connectivity index (χ3v) is 5.27. The summed E-state index contributed by atoms with van der Waals surface area (Å²) in [5.41, 5.74) is 0.507. The summed E-state index contributed by atoms with van der Waals surface area (Å²) >= 11 is 0. The van der Waals surface area contributed by atoms with Crippen LogP contribution in [0.5, 0.6) is 0 Å². The molecule has 1 saturated carbocycles. The Bertz CT molecular complexity index is 559. The van der Waals surface area contributed by atoms with E-state index < -0.39 is 15.8 Å². The quantitative estimate of drug-likeness (QED) is 0.883. The monoisotopic (exact) mass is 287 g/mol. The number of aliphatic hydroxyl groups is 1. The zero-order chi connectivity index (χ0) is 14.0. The molecule has 1 aliphatic carbocycles. The van der Waals surface area contributed by atoms with Crippen molar-refractivity contribution < 1.29 is 17.9 Å². The fourth-order valence-corrected chi connectivity index (χ4v) is 4.13. The third-order valence-electron chi connectivity index (χ3n) is 3.64. The van der Waals surface area contributed by atoms with E-state index in [0.717, 1.165) is 18.9 Å². The molecule has 1 aliphatic rings. The van der Waals surface area contributed by atoms with Crippen LogP contribution in [0.3, 0.4) is 0 Å². The largest absolute Gasteiger partial charge is 0.396 e. The molecule has 106 valence electrons. The summed E-state index contributed by atoms with van der Waals surface area (Å²) in [4.78, 5) is -0.0314. The van der Waals surface area contributed by atoms with Crippen LogP contribution in [0, 0.1) is 18.7 Å². The third kappa shape index (κ3) is 3.13. The zero-order valence-electron chi connectivity index (χ0n) is 10.8. The van der Waals surface area contributed by atoms with Crippen molar-refractivity contribution in [3.63, 3.8) is 0 Å². The van der Waals surface area contributed by atoms with Gasteiger partial charge in [0.2, 0.25) is 10.0 Å². The van der Waals surface area contributed by atoms with Crippen molar-refractivity contribution in [3.8, 4) is 0 Å². The molecule has 0 aromatic heterocycles. The van der Waals surface area contributed by atoms with Crippen LogP contribution in [0.2, 0.25) is 0 Å². The molecule has 6 heteroatoms. The van der Waals surface area contributed by atoms with E-state index in [4.69, 9.17) is 0 Å². The zero-order valence-corrected chi connectivity index (χ0v) is 11.6. The van der Waals surface area contributed by atoms with Gasteiger partial charge < -0.3 is 5.11 Å². The van der Waals surface area contributed by atoms with Gasteiger partial charge in [-0.2, -0.15) is 0 Å². The number of rotatable bonds is 4. The van der Waals surface area contributed by atoms with Crippen LogP contribution in [-0.4, -0.2) is 26.2 Å². The van der Waals surface area contributed by atoms with E-state index in [1.54, 1.807) is 6.92 Å². The number of hydrogen-bond acceptors (Lipinski definition) is 3. The van der Waals surface area contributed by atoms with Crippen LogP contribution < -0.4 is 4.72 Å². The molecule has 1 aromatic carbocycles. The van der Waals surface area contributed by atoms with E-state index in [1.807, 2.05) is 0 Å². The topological polar surface area (TPSA) is 66.4 Å². The Morgan fingerprint density at radius 1 is 1.42 bits per heavy atom. The van der Waals surface area contributed by atoms with E-state index >= 15 is 0 Å². The van der Waals surface area contributed by atoms with Gasteiger partial charge in [0, 0.05) is 12.6 Å². The summed E-state index contributed by atoms with van der Waals surface area (Å²) in [6, 6.07) is 3.45. The minimum absolute atomic E-state index is 0.0314. The van der Waals surface area contributed by atoms with Crippen LogP contribution in [0.15, 0.2) is 23.1 Å². The second kappa shape index (κ2) is 5.56. The standard InChI is InChI=1S/C13H18FNO3S/c1-9-5-6-11(14)7-13(9)19(17,18)15-12-4-2-3-10(12)8-16/h5-7,10,12,15-16H,2-4,8H2,1H3. The van der Waals surface area contributed by atoms with Gasteiger partial charge in [0.1, 0.15) is 5.82 Å². The van der Waals surface area contributed by atoms with E-state index in [2.05, 4.69) is 4.72 Å². The minimum atomic E-state index is -3.74. The van der Waals surface area contributed by atoms with Crippen molar-refractivity contribution in [1.29, 1.82) is 0 Å². The van der Waals surface area contributed by atoms with Gasteiger partial charge >= 0.3 is 0 Å². The fourth-order valence-electron chi connectivity index (χ4n) is 2.54. The van der Waals surface area contributed by atoms with Crippen molar-refractivity contribution in [2.24, 2.45) is 5.92 Å². The number of benzene rings is 1. The first-order valence-corrected chi connectivity index (χ1v) is 7.81. The molecule has 2 N–H and O–H groups in total. The average molecular weight is 287 g/mol. The molecule has 4 nitrogen and oxygen atoms in total. The number of nitrogens with one attached hydrogen (secondary N) is 1. The van der Waals surface area contributed by atoms with Gasteiger partial charge in [-0.25, -0.2) is 17.5 Å². The van der Waals surface area contributed by atoms with E-state index in [9.17, 15) is 17.9 Å². The Labute approximate surface area is 112 Å². The van der Waals surface area contributed by atoms with Crippen LogP contribution in [0.4, 0.5) is 4.39 Å². The Hall–Kier alpha value is -0.980. The first-order valence-electron chi connectivity index (χ1n) is 6.33. The molecule has 0 amide bonds. The van der Waals surface area contributed by atoms with Crippen LogP contribution >= 0.6 is 0 Å². The highest BCUT2D eigenvalue weighted by Gasteiger charge is 2.31. The highest BCUT2D eigenvalue weighted by Crippen LogP contribution is 2.27. The number of hydrogen-bond donors (Lipinski definition) is 2. The van der Waals surface area contributed by atoms with Crippen molar-refractivity contribution in [1.82, 2.24) is 4.72 Å². The number of sulfonamides is 1. The summed E-state index contributed by atoms with van der Waals surface area (Å²) < 4.78 is 40.3. The number of aliphatic hydroxyl groups excluding tert-OH is 1. The summed E-state index contributed by atoms with van der Waals surface area (Å²) in [6.45, 7) is 1.60. The molecule has 1 aromatic rings. The smallest absolute Gasteiger partial charge is 0.241 e. The Morgan fingerprint density at radius 3 is 2.84 bits per heavy atom. The van der Waals surface area contributed by atoms with Crippen LogP contribution in [0.25, 0.3) is 0 Å². The highest BCUT2D eigenvalue weighted by molar-refractivity contribution is 7.89. The predicted octanol–water partition coefficient (Wildman–Crippen LogP) is 1.57. The summed E-state index contributed by atoms with van der Waals surface area (Å²) in [6.07, 6.45) is 2.41. The molecular formula is C13H18FNO3S. The molecule has 1 fully saturated rings. The number of aryl methyl sites for hydroxylation is 1. The summed E-state index contributed by atoms with van der Waals surface area (Å²) in [5.74, 6) is -0.625. The molecule has 19 heavy (non-hydrogen) atoms. The number of halogens is 1. The predicted molar refractivity (Wildman–Crippen MR) is 69.7 cm³/mol. The average Bonchev–Trinajstić information content (AvgIpc) is 2.78. The van der Waals surface area contributed by atoms with E-state index in [-0.39, 0.29) is 23.5 Å². The maximum atomic E-state index is 13.2. The SMILES string of the molecule is Cc1ccc(F)cc1S(=O)(=O)NC1CCCC1CO. The molecule has 2 atom stereocenters. The van der Waals surface area contributed by atoms with Gasteiger partial charge in [-0.05, 0) is 43.4 Å². The van der Waals surface area contributed by atoms with Gasteiger partial charge in [0.25, 0.3) is 0 Å². The van der Waals surface area contributed by atoms with Crippen molar-refractivity contribution in [3.05, 3.63) is 29.6 Å². The van der Waals surface area contributed by atoms with Gasteiger partial charge in [0.15, 0.2) is 0 Å². The Kier molecular flexibility index (Phi) is 4.23. The minimum Gasteiger partial charge on any atom is -0.396 e. The summed E-state index contributed by atoms with van der Waals surface area (Å²) in [5, 5.41) is 9.21. The van der Waals surface area contributed by atoms with Crippen molar-refractivity contribution >= 4 is 10.0 Å². The molecule has 2 rings (SSSR count). The molecule has 2 unspecified atom stereocenters. The first-order chi connectivity index (χ1) is 8.94. The molecule has 0 aliphatic heterocycles. The van der Waals surface area contributed by atoms with Gasteiger partial charge in [-0.3, -0.25) is 0 Å². The fraction of sp³-hybridized carbons (Fsp3) is 0.538. The highest BCUT2D eigenvalue weighted by atomic mass is 32.2. The van der Waals surface area contributed by atoms with Gasteiger partial charge in [-0.1, -0.05) is 12.5 Å². The Balaban J connectivity index is 2.25. The second-order valence-corrected chi connectivity index (χ2v) is 6.69. The van der Waals surface area contributed by atoms with Crippen molar-refractivity contribution in [2.45, 2.75) is 37.1 Å². The Morgan fingerprint density at radius 2 is 2.16 bits per heavy atom. The summed E-state index contributed by atoms with van der Waals surface area (Å²) in [7, 11) is -3.74. The van der Waals surface area contributed by atoms with E-state index in [1.165, 1.54) is 12.1 Å². The molecule has 0 bridgehead atoms. The van der Waals surface area contributed by atoms with Gasteiger partial charge in [-0.15, -0.1) is 0 Å². The maximum absolute atomic E-state index is 13.2. The lowest BCUT2D eigenvalue weighted by atomic mass is 10.1. The lowest BCUT2D eigenvalue weighted by Gasteiger charge is -2.19. The van der Waals surface area contributed by atoms with Crippen LogP contribution in [0.1, 0.15) is 24.8 Å². The van der Waals surface area contributed by atoms with Crippen molar-refractivity contribution in [2.75, 3.05) is 6.61 Å².